The normalized spacial score (nSPS) is 18.3. The third-order valence-electron chi connectivity index (χ3n) is 6.05. The van der Waals surface area contributed by atoms with Crippen LogP contribution in [0.25, 0.3) is 10.9 Å². The van der Waals surface area contributed by atoms with E-state index in [-0.39, 0.29) is 23.4 Å². The monoisotopic (exact) mass is 447 g/mol. The van der Waals surface area contributed by atoms with E-state index in [0.29, 0.717) is 37.2 Å². The summed E-state index contributed by atoms with van der Waals surface area (Å²) in [6.07, 6.45) is 6.56. The summed E-state index contributed by atoms with van der Waals surface area (Å²) >= 11 is 0. The molecule has 0 unspecified atom stereocenters. The molecule has 2 aliphatic rings. The first kappa shape index (κ1) is 21.8. The highest BCUT2D eigenvalue weighted by molar-refractivity contribution is 7.92. The second kappa shape index (κ2) is 9.40. The van der Waals surface area contributed by atoms with Crippen molar-refractivity contribution < 1.29 is 22.7 Å². The Morgan fingerprint density at radius 1 is 1.06 bits per heavy atom. The Labute approximate surface area is 182 Å². The van der Waals surface area contributed by atoms with Gasteiger partial charge in [0.25, 0.3) is 0 Å². The van der Waals surface area contributed by atoms with Gasteiger partial charge in [-0.15, -0.1) is 0 Å². The number of fused-ring (bicyclic) bond motifs is 1. The highest BCUT2D eigenvalue weighted by Crippen LogP contribution is 2.27. The Kier molecular flexibility index (Phi) is 6.62. The molecule has 2 amide bonds. The van der Waals surface area contributed by atoms with Gasteiger partial charge in [-0.05, 0) is 18.9 Å². The van der Waals surface area contributed by atoms with Crippen LogP contribution in [0.1, 0.15) is 32.1 Å². The van der Waals surface area contributed by atoms with Gasteiger partial charge in [0, 0.05) is 36.2 Å². The number of hydrogen-bond acceptors (Lipinski definition) is 5. The van der Waals surface area contributed by atoms with Crippen LogP contribution in [0.4, 0.5) is 0 Å². The molecule has 9 heteroatoms. The van der Waals surface area contributed by atoms with Crippen molar-refractivity contribution in [2.45, 2.75) is 49.6 Å². The van der Waals surface area contributed by atoms with E-state index < -0.39 is 21.5 Å². The van der Waals surface area contributed by atoms with Crippen molar-refractivity contribution in [2.75, 3.05) is 32.1 Å². The molecular formula is C22H29N3O5S. The fraction of sp³-hybridized carbons (Fsp3) is 0.545. The molecule has 1 aliphatic carbocycles. The first-order valence-electron chi connectivity index (χ1n) is 10.9. The topological polar surface area (TPSA) is 97.7 Å². The summed E-state index contributed by atoms with van der Waals surface area (Å²) < 4.78 is 33.2. The van der Waals surface area contributed by atoms with Crippen molar-refractivity contribution in [3.05, 3.63) is 30.5 Å². The molecule has 31 heavy (non-hydrogen) atoms. The fourth-order valence-corrected chi connectivity index (χ4v) is 5.80. The lowest BCUT2D eigenvalue weighted by atomic mass is 9.95. The molecule has 0 bridgehead atoms. The number of nitrogens with one attached hydrogen (secondary N) is 1. The van der Waals surface area contributed by atoms with Crippen molar-refractivity contribution in [3.63, 3.8) is 0 Å². The van der Waals surface area contributed by atoms with Crippen molar-refractivity contribution in [1.29, 1.82) is 0 Å². The maximum atomic E-state index is 13.1. The number of rotatable bonds is 6. The molecule has 1 aliphatic heterocycles. The molecule has 0 spiro atoms. The second-order valence-corrected chi connectivity index (χ2v) is 10.3. The number of ether oxygens (including phenoxy) is 1. The van der Waals surface area contributed by atoms with Gasteiger partial charge in [-0.3, -0.25) is 9.59 Å². The summed E-state index contributed by atoms with van der Waals surface area (Å²) in [6.45, 7) is 2.13. The predicted octanol–water partition coefficient (Wildman–Crippen LogP) is 1.72. The Morgan fingerprint density at radius 2 is 1.77 bits per heavy atom. The van der Waals surface area contributed by atoms with Gasteiger partial charge in [-0.25, -0.2) is 8.42 Å². The first-order chi connectivity index (χ1) is 14.9. The summed E-state index contributed by atoms with van der Waals surface area (Å²) in [5, 5.41) is 3.41. The van der Waals surface area contributed by atoms with Crippen LogP contribution < -0.4 is 5.32 Å². The SMILES string of the molecule is O=C(CS(=O)(=O)c1cn(CC(=O)N2CCOCC2)c2ccccc12)NC1CCCCC1. The van der Waals surface area contributed by atoms with Crippen LogP contribution in [-0.2, 0) is 30.7 Å². The van der Waals surface area contributed by atoms with Gasteiger partial charge in [0.05, 0.1) is 18.1 Å². The summed E-state index contributed by atoms with van der Waals surface area (Å²) in [5.41, 5.74) is 0.662. The third kappa shape index (κ3) is 5.10. The van der Waals surface area contributed by atoms with E-state index in [4.69, 9.17) is 4.74 Å². The molecule has 1 saturated carbocycles. The van der Waals surface area contributed by atoms with E-state index in [1.165, 1.54) is 6.20 Å². The molecule has 2 fully saturated rings. The van der Waals surface area contributed by atoms with E-state index in [1.807, 2.05) is 6.07 Å². The molecule has 0 radical (unpaired) electrons. The molecule has 4 rings (SSSR count). The van der Waals surface area contributed by atoms with E-state index in [1.54, 1.807) is 27.7 Å². The largest absolute Gasteiger partial charge is 0.378 e. The van der Waals surface area contributed by atoms with Gasteiger partial charge < -0.3 is 19.5 Å². The van der Waals surface area contributed by atoms with Crippen molar-refractivity contribution in [2.24, 2.45) is 0 Å². The number of amides is 2. The zero-order chi connectivity index (χ0) is 21.8. The summed E-state index contributed by atoms with van der Waals surface area (Å²) in [6, 6.07) is 7.14. The van der Waals surface area contributed by atoms with Crippen LogP contribution in [0.5, 0.6) is 0 Å². The van der Waals surface area contributed by atoms with Gasteiger partial charge in [-0.2, -0.15) is 0 Å². The van der Waals surface area contributed by atoms with Gasteiger partial charge in [0.2, 0.25) is 11.8 Å². The molecule has 1 N–H and O–H groups in total. The van der Waals surface area contributed by atoms with E-state index >= 15 is 0 Å². The van der Waals surface area contributed by atoms with Crippen LogP contribution in [-0.4, -0.2) is 67.8 Å². The molecule has 0 atom stereocenters. The maximum Gasteiger partial charge on any atom is 0.242 e. The lowest BCUT2D eigenvalue weighted by molar-refractivity contribution is -0.135. The minimum atomic E-state index is -3.85. The minimum absolute atomic E-state index is 0.0459. The molecule has 1 aromatic heterocycles. The Balaban J connectivity index is 1.53. The number of morpholine rings is 1. The quantitative estimate of drug-likeness (QED) is 0.727. The third-order valence-corrected chi connectivity index (χ3v) is 7.69. The number of aromatic nitrogens is 1. The number of hydrogen-bond donors (Lipinski definition) is 1. The molecule has 1 saturated heterocycles. The zero-order valence-corrected chi connectivity index (χ0v) is 18.4. The lowest BCUT2D eigenvalue weighted by Crippen LogP contribution is -2.42. The van der Waals surface area contributed by atoms with Gasteiger partial charge >= 0.3 is 0 Å². The predicted molar refractivity (Wildman–Crippen MR) is 116 cm³/mol. The van der Waals surface area contributed by atoms with Gasteiger partial charge in [0.1, 0.15) is 12.3 Å². The van der Waals surface area contributed by atoms with Crippen LogP contribution in [0, 0.1) is 0 Å². The first-order valence-corrected chi connectivity index (χ1v) is 12.5. The van der Waals surface area contributed by atoms with Crippen LogP contribution in [0.3, 0.4) is 0 Å². The highest BCUT2D eigenvalue weighted by Gasteiger charge is 2.27. The van der Waals surface area contributed by atoms with Crippen LogP contribution in [0.15, 0.2) is 35.4 Å². The average Bonchev–Trinajstić information content (AvgIpc) is 3.14. The van der Waals surface area contributed by atoms with E-state index in [2.05, 4.69) is 5.32 Å². The maximum absolute atomic E-state index is 13.1. The van der Waals surface area contributed by atoms with Crippen LogP contribution >= 0.6 is 0 Å². The smallest absolute Gasteiger partial charge is 0.242 e. The Hall–Kier alpha value is -2.39. The number of carbonyl (C=O) groups is 2. The zero-order valence-electron chi connectivity index (χ0n) is 17.6. The average molecular weight is 448 g/mol. The van der Waals surface area contributed by atoms with Crippen LogP contribution in [0.2, 0.25) is 0 Å². The van der Waals surface area contributed by atoms with E-state index in [9.17, 15) is 18.0 Å². The standard InChI is InChI=1S/C22H29N3O5S/c26-21(23-17-6-2-1-3-7-17)16-31(28,29)20-14-25(19-9-5-4-8-18(19)20)15-22(27)24-10-12-30-13-11-24/h4-5,8-9,14,17H,1-3,6-7,10-13,15-16H2,(H,23,26). The summed E-state index contributed by atoms with van der Waals surface area (Å²) in [4.78, 5) is 27.0. The molecule has 168 valence electrons. The number of sulfone groups is 1. The highest BCUT2D eigenvalue weighted by atomic mass is 32.2. The van der Waals surface area contributed by atoms with Gasteiger partial charge in [-0.1, -0.05) is 37.5 Å². The summed E-state index contributed by atoms with van der Waals surface area (Å²) in [5.74, 6) is -1.13. The minimum Gasteiger partial charge on any atom is -0.378 e. The Bertz CT molecular complexity index is 1050. The molecule has 8 nitrogen and oxygen atoms in total. The number of benzene rings is 1. The molecule has 2 heterocycles. The molecular weight excluding hydrogens is 418 g/mol. The van der Waals surface area contributed by atoms with Crippen molar-refractivity contribution >= 4 is 32.6 Å². The van der Waals surface area contributed by atoms with Crippen molar-refractivity contribution in [3.8, 4) is 0 Å². The second-order valence-electron chi connectivity index (χ2n) is 8.29. The fourth-order valence-electron chi connectivity index (χ4n) is 4.42. The number of nitrogens with zero attached hydrogens (tertiary/aromatic N) is 2. The van der Waals surface area contributed by atoms with Gasteiger partial charge in [0.15, 0.2) is 9.84 Å². The lowest BCUT2D eigenvalue weighted by Gasteiger charge is -2.27. The van der Waals surface area contributed by atoms with E-state index in [0.717, 1.165) is 32.1 Å². The molecule has 2 aromatic rings. The van der Waals surface area contributed by atoms with Crippen molar-refractivity contribution in [1.82, 2.24) is 14.8 Å². The Morgan fingerprint density at radius 3 is 2.52 bits per heavy atom. The molecule has 1 aromatic carbocycles. The number of para-hydroxylation sites is 1. The number of carbonyl (C=O) groups excluding carboxylic acids is 2. The summed E-state index contributed by atoms with van der Waals surface area (Å²) in [7, 11) is -3.85.